The average molecular weight is 345 g/mol. The maximum Gasteiger partial charge on any atom is 0.309 e. The van der Waals surface area contributed by atoms with Gasteiger partial charge in [-0.05, 0) is 38.0 Å². The van der Waals surface area contributed by atoms with E-state index >= 15 is 0 Å². The molecule has 2 rings (SSSR count). The highest BCUT2D eigenvalue weighted by Gasteiger charge is 2.29. The number of carbonyl (C=O) groups excluding carboxylic acids is 2. The number of piperidine rings is 1. The second-order valence-electron chi connectivity index (χ2n) is 5.64. The number of anilines is 1. The fourth-order valence-corrected chi connectivity index (χ4v) is 2.62. The third-order valence-corrected chi connectivity index (χ3v) is 3.96. The maximum atomic E-state index is 13.1. The summed E-state index contributed by atoms with van der Waals surface area (Å²) in [5, 5.41) is 12.0. The van der Waals surface area contributed by atoms with Crippen molar-refractivity contribution in [2.24, 2.45) is 5.92 Å². The molecular formula is C18H20FN3O3. The fourth-order valence-electron chi connectivity index (χ4n) is 2.62. The highest BCUT2D eigenvalue weighted by Crippen LogP contribution is 2.20. The molecule has 25 heavy (non-hydrogen) atoms. The van der Waals surface area contributed by atoms with Crippen molar-refractivity contribution >= 4 is 17.6 Å². The highest BCUT2D eigenvalue weighted by molar-refractivity contribution is 5.97. The van der Waals surface area contributed by atoms with Crippen LogP contribution in [0.5, 0.6) is 0 Å². The molecular weight excluding hydrogens is 325 g/mol. The van der Waals surface area contributed by atoms with E-state index in [1.807, 2.05) is 6.07 Å². The molecule has 0 saturated carbocycles. The van der Waals surface area contributed by atoms with E-state index in [4.69, 9.17) is 4.74 Å². The molecule has 1 N–H and O–H groups in total. The third-order valence-electron chi connectivity index (χ3n) is 3.96. The van der Waals surface area contributed by atoms with Crippen molar-refractivity contribution in [2.45, 2.75) is 19.8 Å². The van der Waals surface area contributed by atoms with Gasteiger partial charge < -0.3 is 15.0 Å². The van der Waals surface area contributed by atoms with Crippen LogP contribution >= 0.6 is 0 Å². The number of benzene rings is 1. The largest absolute Gasteiger partial charge is 0.466 e. The molecule has 0 aliphatic carbocycles. The number of hydrogen-bond donors (Lipinski definition) is 1. The Morgan fingerprint density at radius 3 is 2.76 bits per heavy atom. The van der Waals surface area contributed by atoms with E-state index in [9.17, 15) is 19.2 Å². The molecule has 6 nitrogen and oxygen atoms in total. The van der Waals surface area contributed by atoms with Crippen molar-refractivity contribution in [2.75, 3.05) is 25.0 Å². The standard InChI is InChI=1S/C18H20FN3O3/c1-2-25-18(24)13-6-8-22(9-7-13)17(23)14(11-20)12-21-16-5-3-4-15(19)10-16/h3-5,10,12-13,21H,2,6-9H2,1H3/b14-12-. The first kappa shape index (κ1) is 18.5. The van der Waals surface area contributed by atoms with E-state index in [0.29, 0.717) is 38.2 Å². The minimum Gasteiger partial charge on any atom is -0.466 e. The Kier molecular flexibility index (Phi) is 6.52. The number of nitriles is 1. The molecule has 0 unspecified atom stereocenters. The van der Waals surface area contributed by atoms with Crippen LogP contribution in [0.3, 0.4) is 0 Å². The quantitative estimate of drug-likeness (QED) is 0.503. The zero-order valence-electron chi connectivity index (χ0n) is 14.0. The number of hydrogen-bond acceptors (Lipinski definition) is 5. The first-order chi connectivity index (χ1) is 12.0. The summed E-state index contributed by atoms with van der Waals surface area (Å²) >= 11 is 0. The predicted octanol–water partition coefficient (Wildman–Crippen LogP) is 2.45. The van der Waals surface area contributed by atoms with Crippen LogP contribution in [-0.2, 0) is 14.3 Å². The molecule has 0 aromatic heterocycles. The number of rotatable bonds is 5. The van der Waals surface area contributed by atoms with Crippen LogP contribution in [0.1, 0.15) is 19.8 Å². The molecule has 7 heteroatoms. The molecule has 1 saturated heterocycles. The van der Waals surface area contributed by atoms with Gasteiger partial charge in [0.25, 0.3) is 5.91 Å². The number of esters is 1. The molecule has 1 heterocycles. The minimum absolute atomic E-state index is 0.0705. The van der Waals surface area contributed by atoms with Crippen LogP contribution in [0.2, 0.25) is 0 Å². The van der Waals surface area contributed by atoms with E-state index in [1.54, 1.807) is 13.0 Å². The normalized spacial score (nSPS) is 15.4. The van der Waals surface area contributed by atoms with E-state index in [0.717, 1.165) is 0 Å². The molecule has 1 amide bonds. The molecule has 1 aliphatic rings. The van der Waals surface area contributed by atoms with E-state index in [-0.39, 0.29) is 17.5 Å². The van der Waals surface area contributed by atoms with Crippen LogP contribution in [-0.4, -0.2) is 36.5 Å². The summed E-state index contributed by atoms with van der Waals surface area (Å²) in [6.07, 6.45) is 2.30. The lowest BCUT2D eigenvalue weighted by molar-refractivity contribution is -0.150. The van der Waals surface area contributed by atoms with Crippen molar-refractivity contribution in [3.8, 4) is 6.07 Å². The molecule has 1 aliphatic heterocycles. The average Bonchev–Trinajstić information content (AvgIpc) is 2.62. The van der Waals surface area contributed by atoms with Gasteiger partial charge in [0.15, 0.2) is 0 Å². The summed E-state index contributed by atoms with van der Waals surface area (Å²) < 4.78 is 18.1. The molecule has 0 atom stereocenters. The van der Waals surface area contributed by atoms with Crippen molar-refractivity contribution < 1.29 is 18.7 Å². The van der Waals surface area contributed by atoms with Crippen LogP contribution in [0.15, 0.2) is 36.0 Å². The molecule has 0 radical (unpaired) electrons. The summed E-state index contributed by atoms with van der Waals surface area (Å²) in [4.78, 5) is 25.7. The summed E-state index contributed by atoms with van der Waals surface area (Å²) in [6.45, 7) is 2.87. The maximum absolute atomic E-state index is 13.1. The Morgan fingerprint density at radius 2 is 2.16 bits per heavy atom. The first-order valence-corrected chi connectivity index (χ1v) is 8.13. The SMILES string of the molecule is CCOC(=O)C1CCN(C(=O)/C(C#N)=C\Nc2cccc(F)c2)CC1. The van der Waals surface area contributed by atoms with Crippen molar-refractivity contribution in [1.82, 2.24) is 4.90 Å². The smallest absolute Gasteiger partial charge is 0.309 e. The van der Waals surface area contributed by atoms with Gasteiger partial charge in [-0.2, -0.15) is 5.26 Å². The number of halogens is 1. The van der Waals surface area contributed by atoms with E-state index < -0.39 is 11.7 Å². The number of amides is 1. The summed E-state index contributed by atoms with van der Waals surface area (Å²) in [5.41, 5.74) is 0.375. The van der Waals surface area contributed by atoms with Crippen LogP contribution in [0.4, 0.5) is 10.1 Å². The van der Waals surface area contributed by atoms with Gasteiger partial charge in [-0.15, -0.1) is 0 Å². The Labute approximate surface area is 145 Å². The summed E-state index contributed by atoms with van der Waals surface area (Å²) in [6, 6.07) is 7.59. The Balaban J connectivity index is 1.95. The predicted molar refractivity (Wildman–Crippen MR) is 89.7 cm³/mol. The molecule has 1 aromatic carbocycles. The van der Waals surface area contributed by atoms with Gasteiger partial charge >= 0.3 is 5.97 Å². The first-order valence-electron chi connectivity index (χ1n) is 8.13. The van der Waals surface area contributed by atoms with Crippen molar-refractivity contribution in [3.05, 3.63) is 41.9 Å². The van der Waals surface area contributed by atoms with E-state index in [1.165, 1.54) is 29.3 Å². The third kappa shape index (κ3) is 5.05. The molecule has 0 spiro atoms. The van der Waals surface area contributed by atoms with Gasteiger partial charge in [-0.1, -0.05) is 6.07 Å². The van der Waals surface area contributed by atoms with Crippen molar-refractivity contribution in [3.63, 3.8) is 0 Å². The number of nitrogens with one attached hydrogen (secondary N) is 1. The van der Waals surface area contributed by atoms with Gasteiger partial charge in [0.05, 0.1) is 12.5 Å². The van der Waals surface area contributed by atoms with E-state index in [2.05, 4.69) is 5.32 Å². The van der Waals surface area contributed by atoms with Gasteiger partial charge in [0.2, 0.25) is 0 Å². The Morgan fingerprint density at radius 1 is 1.44 bits per heavy atom. The van der Waals surface area contributed by atoms with Crippen molar-refractivity contribution in [1.29, 1.82) is 5.26 Å². The Bertz CT molecular complexity index is 704. The fraction of sp³-hybridized carbons (Fsp3) is 0.389. The number of carbonyl (C=O) groups is 2. The monoisotopic (exact) mass is 345 g/mol. The molecule has 1 fully saturated rings. The lowest BCUT2D eigenvalue weighted by atomic mass is 9.96. The van der Waals surface area contributed by atoms with Gasteiger partial charge in [-0.3, -0.25) is 9.59 Å². The molecule has 132 valence electrons. The number of ether oxygens (including phenoxy) is 1. The lowest BCUT2D eigenvalue weighted by Crippen LogP contribution is -2.41. The van der Waals surface area contributed by atoms with Gasteiger partial charge in [0, 0.05) is 25.0 Å². The van der Waals surface area contributed by atoms with Crippen LogP contribution in [0.25, 0.3) is 0 Å². The zero-order chi connectivity index (χ0) is 18.2. The van der Waals surface area contributed by atoms with Crippen LogP contribution in [0, 0.1) is 23.1 Å². The highest BCUT2D eigenvalue weighted by atomic mass is 19.1. The summed E-state index contributed by atoms with van der Waals surface area (Å²) in [7, 11) is 0. The second kappa shape index (κ2) is 8.83. The zero-order valence-corrected chi connectivity index (χ0v) is 14.0. The second-order valence-corrected chi connectivity index (χ2v) is 5.64. The van der Waals surface area contributed by atoms with Gasteiger partial charge in [-0.25, -0.2) is 4.39 Å². The topological polar surface area (TPSA) is 82.4 Å². The summed E-state index contributed by atoms with van der Waals surface area (Å²) in [5.74, 6) is -1.26. The number of likely N-dealkylation sites (tertiary alicyclic amines) is 1. The molecule has 0 bridgehead atoms. The van der Waals surface area contributed by atoms with Crippen LogP contribution < -0.4 is 5.32 Å². The van der Waals surface area contributed by atoms with Gasteiger partial charge in [0.1, 0.15) is 17.5 Å². The Hall–Kier alpha value is -2.88. The number of nitrogens with zero attached hydrogens (tertiary/aromatic N) is 2. The minimum atomic E-state index is -0.413. The molecule has 1 aromatic rings. The lowest BCUT2D eigenvalue weighted by Gasteiger charge is -2.30.